The van der Waals surface area contributed by atoms with Gasteiger partial charge >= 0.3 is 5.97 Å². The monoisotopic (exact) mass is 241 g/mol. The Morgan fingerprint density at radius 2 is 2.29 bits per heavy atom. The van der Waals surface area contributed by atoms with Crippen molar-refractivity contribution in [3.63, 3.8) is 0 Å². The summed E-state index contributed by atoms with van der Waals surface area (Å²) in [7, 11) is 1.68. The number of aromatic nitrogens is 1. The molecule has 0 aliphatic heterocycles. The normalized spacial score (nSPS) is 11.9. The molecule has 7 nitrogen and oxygen atoms in total. The van der Waals surface area contributed by atoms with Gasteiger partial charge in [-0.2, -0.15) is 4.98 Å². The van der Waals surface area contributed by atoms with Crippen LogP contribution in [0.15, 0.2) is 10.7 Å². The van der Waals surface area contributed by atoms with E-state index in [-0.39, 0.29) is 17.6 Å². The van der Waals surface area contributed by atoms with E-state index in [1.807, 2.05) is 6.92 Å². The molecule has 0 fully saturated rings. The van der Waals surface area contributed by atoms with Crippen LogP contribution in [0.4, 0.5) is 6.01 Å². The molecule has 0 aliphatic rings. The molecular formula is C10H15N3O4. The molecule has 0 bridgehead atoms. The summed E-state index contributed by atoms with van der Waals surface area (Å²) < 4.78 is 4.89. The summed E-state index contributed by atoms with van der Waals surface area (Å²) in [5.41, 5.74) is -0.198. The molecule has 1 unspecified atom stereocenters. The highest BCUT2D eigenvalue weighted by molar-refractivity contribution is 5.86. The molecule has 1 aromatic heterocycles. The molecule has 94 valence electrons. The molecule has 0 saturated heterocycles. The Kier molecular flexibility index (Phi) is 4.08. The van der Waals surface area contributed by atoms with E-state index >= 15 is 0 Å². The second-order valence-corrected chi connectivity index (χ2v) is 3.56. The van der Waals surface area contributed by atoms with Crippen molar-refractivity contribution in [2.45, 2.75) is 19.9 Å². The number of aromatic carboxylic acids is 1. The fourth-order valence-electron chi connectivity index (χ4n) is 1.17. The number of oxazole rings is 1. The van der Waals surface area contributed by atoms with E-state index in [0.29, 0.717) is 6.54 Å². The number of carboxylic acid groups (broad SMARTS) is 1. The van der Waals surface area contributed by atoms with Crippen molar-refractivity contribution in [2.75, 3.05) is 18.9 Å². The SMILES string of the molecule is CCN(C)C(=O)C(C)Nc1nc(C(=O)O)co1. The molecule has 0 saturated carbocycles. The highest BCUT2D eigenvalue weighted by Gasteiger charge is 2.19. The average Bonchev–Trinajstić information content (AvgIpc) is 2.75. The molecule has 7 heteroatoms. The Morgan fingerprint density at radius 1 is 1.65 bits per heavy atom. The molecule has 2 N–H and O–H groups in total. The molecule has 1 heterocycles. The van der Waals surface area contributed by atoms with Gasteiger partial charge in [0.05, 0.1) is 0 Å². The number of amides is 1. The van der Waals surface area contributed by atoms with Crippen LogP contribution in [0, 0.1) is 0 Å². The molecule has 1 amide bonds. The van der Waals surface area contributed by atoms with Crippen LogP contribution >= 0.6 is 0 Å². The third kappa shape index (κ3) is 3.20. The Bertz CT molecular complexity index is 415. The summed E-state index contributed by atoms with van der Waals surface area (Å²) in [6.07, 6.45) is 1.02. The van der Waals surface area contributed by atoms with Gasteiger partial charge in [0.25, 0.3) is 6.01 Å². The first kappa shape index (κ1) is 13.0. The third-order valence-electron chi connectivity index (χ3n) is 2.28. The van der Waals surface area contributed by atoms with Gasteiger partial charge in [0.2, 0.25) is 5.91 Å². The Labute approximate surface area is 98.4 Å². The first-order chi connectivity index (χ1) is 7.95. The molecule has 1 atom stereocenters. The van der Waals surface area contributed by atoms with Crippen molar-refractivity contribution >= 4 is 17.9 Å². The minimum atomic E-state index is -1.17. The van der Waals surface area contributed by atoms with Gasteiger partial charge in [-0.25, -0.2) is 4.79 Å². The summed E-state index contributed by atoms with van der Waals surface area (Å²) in [5.74, 6) is -1.30. The first-order valence-electron chi connectivity index (χ1n) is 5.16. The summed E-state index contributed by atoms with van der Waals surface area (Å²) in [6.45, 7) is 4.11. The maximum absolute atomic E-state index is 11.7. The molecule has 1 rings (SSSR count). The number of carbonyl (C=O) groups excluding carboxylic acids is 1. The fourth-order valence-corrected chi connectivity index (χ4v) is 1.17. The van der Waals surface area contributed by atoms with Gasteiger partial charge in [-0.05, 0) is 13.8 Å². The highest BCUT2D eigenvalue weighted by atomic mass is 16.4. The van der Waals surface area contributed by atoms with Crippen LogP contribution in [0.1, 0.15) is 24.3 Å². The lowest BCUT2D eigenvalue weighted by Gasteiger charge is -2.19. The van der Waals surface area contributed by atoms with E-state index in [4.69, 9.17) is 9.52 Å². The number of rotatable bonds is 5. The summed E-state index contributed by atoms with van der Waals surface area (Å²) in [5, 5.41) is 11.3. The van der Waals surface area contributed by atoms with E-state index in [2.05, 4.69) is 10.3 Å². The van der Waals surface area contributed by atoms with Gasteiger partial charge in [-0.1, -0.05) is 0 Å². The van der Waals surface area contributed by atoms with E-state index in [9.17, 15) is 9.59 Å². The molecule has 0 radical (unpaired) electrons. The standard InChI is InChI=1S/C10H15N3O4/c1-4-13(3)8(14)6(2)11-10-12-7(5-17-10)9(15)16/h5-6H,4H2,1-3H3,(H,11,12)(H,15,16). The largest absolute Gasteiger partial charge is 0.476 e. The van der Waals surface area contributed by atoms with Crippen molar-refractivity contribution in [3.05, 3.63) is 12.0 Å². The van der Waals surface area contributed by atoms with Crippen molar-refractivity contribution < 1.29 is 19.1 Å². The van der Waals surface area contributed by atoms with Crippen LogP contribution in [0.3, 0.4) is 0 Å². The molecular weight excluding hydrogens is 226 g/mol. The number of likely N-dealkylation sites (N-methyl/N-ethyl adjacent to an activating group) is 1. The molecule has 0 spiro atoms. The van der Waals surface area contributed by atoms with Gasteiger partial charge in [0.15, 0.2) is 5.69 Å². The number of carbonyl (C=O) groups is 2. The lowest BCUT2D eigenvalue weighted by molar-refractivity contribution is -0.130. The van der Waals surface area contributed by atoms with Crippen LogP contribution in [0.5, 0.6) is 0 Å². The third-order valence-corrected chi connectivity index (χ3v) is 2.28. The predicted molar refractivity (Wildman–Crippen MR) is 59.9 cm³/mol. The Balaban J connectivity index is 2.64. The maximum atomic E-state index is 11.7. The van der Waals surface area contributed by atoms with Crippen molar-refractivity contribution in [3.8, 4) is 0 Å². The smallest absolute Gasteiger partial charge is 0.357 e. The summed E-state index contributed by atoms with van der Waals surface area (Å²) in [6, 6.07) is -0.506. The zero-order valence-corrected chi connectivity index (χ0v) is 9.93. The van der Waals surface area contributed by atoms with Gasteiger partial charge in [-0.3, -0.25) is 4.79 Å². The second-order valence-electron chi connectivity index (χ2n) is 3.56. The van der Waals surface area contributed by atoms with Crippen molar-refractivity contribution in [2.24, 2.45) is 0 Å². The van der Waals surface area contributed by atoms with Gasteiger partial charge in [0, 0.05) is 13.6 Å². The average molecular weight is 241 g/mol. The molecule has 17 heavy (non-hydrogen) atoms. The summed E-state index contributed by atoms with van der Waals surface area (Å²) >= 11 is 0. The Hall–Kier alpha value is -2.05. The van der Waals surface area contributed by atoms with E-state index in [0.717, 1.165) is 6.26 Å². The van der Waals surface area contributed by atoms with Crippen LogP contribution < -0.4 is 5.32 Å². The quantitative estimate of drug-likeness (QED) is 0.785. The molecule has 0 aliphatic carbocycles. The number of nitrogens with zero attached hydrogens (tertiary/aromatic N) is 2. The lowest BCUT2D eigenvalue weighted by Crippen LogP contribution is -2.38. The Morgan fingerprint density at radius 3 is 2.76 bits per heavy atom. The second kappa shape index (κ2) is 5.33. The number of hydrogen-bond donors (Lipinski definition) is 2. The zero-order valence-electron chi connectivity index (χ0n) is 9.93. The van der Waals surface area contributed by atoms with Crippen LogP contribution in [0.2, 0.25) is 0 Å². The number of nitrogens with one attached hydrogen (secondary N) is 1. The van der Waals surface area contributed by atoms with E-state index in [1.54, 1.807) is 18.9 Å². The number of hydrogen-bond acceptors (Lipinski definition) is 5. The van der Waals surface area contributed by atoms with Gasteiger partial charge < -0.3 is 19.7 Å². The topological polar surface area (TPSA) is 95.7 Å². The van der Waals surface area contributed by atoms with Crippen molar-refractivity contribution in [1.82, 2.24) is 9.88 Å². The number of anilines is 1. The lowest BCUT2D eigenvalue weighted by atomic mass is 10.3. The van der Waals surface area contributed by atoms with Crippen LogP contribution in [0.25, 0.3) is 0 Å². The minimum Gasteiger partial charge on any atom is -0.476 e. The predicted octanol–water partition coefficient (Wildman–Crippen LogP) is 0.651. The van der Waals surface area contributed by atoms with Crippen LogP contribution in [-0.4, -0.2) is 46.5 Å². The zero-order chi connectivity index (χ0) is 13.0. The van der Waals surface area contributed by atoms with Gasteiger partial charge in [-0.15, -0.1) is 0 Å². The van der Waals surface area contributed by atoms with Crippen molar-refractivity contribution in [1.29, 1.82) is 0 Å². The highest BCUT2D eigenvalue weighted by Crippen LogP contribution is 2.09. The van der Waals surface area contributed by atoms with Crippen LogP contribution in [-0.2, 0) is 4.79 Å². The fraction of sp³-hybridized carbons (Fsp3) is 0.500. The van der Waals surface area contributed by atoms with E-state index < -0.39 is 12.0 Å². The number of carboxylic acids is 1. The summed E-state index contributed by atoms with van der Waals surface area (Å²) in [4.78, 5) is 27.5. The molecule has 0 aromatic carbocycles. The van der Waals surface area contributed by atoms with Gasteiger partial charge in [0.1, 0.15) is 12.3 Å². The van der Waals surface area contributed by atoms with E-state index in [1.165, 1.54) is 0 Å². The molecule has 1 aromatic rings. The first-order valence-corrected chi connectivity index (χ1v) is 5.16. The minimum absolute atomic E-state index is 0.0211. The maximum Gasteiger partial charge on any atom is 0.357 e.